The number of carbonyl (C=O) groups excluding carboxylic acids is 2. The van der Waals surface area contributed by atoms with Crippen molar-refractivity contribution in [2.45, 2.75) is 36.9 Å². The lowest BCUT2D eigenvalue weighted by atomic mass is 9.85. The molecule has 3 atom stereocenters. The smallest absolute Gasteiger partial charge is 0.275 e. The number of nitrogens with one attached hydrogen (secondary N) is 4. The number of hydrogen-bond donors (Lipinski definition) is 6. The van der Waals surface area contributed by atoms with Gasteiger partial charge in [0, 0.05) is 24.2 Å². The summed E-state index contributed by atoms with van der Waals surface area (Å²) in [7, 11) is -4.27. The summed E-state index contributed by atoms with van der Waals surface area (Å²) in [5.74, 6) is -1.67. The van der Waals surface area contributed by atoms with Gasteiger partial charge < -0.3 is 21.3 Å². The number of nitrogens with zero attached hydrogens (tertiary/aromatic N) is 1. The molecule has 0 spiro atoms. The normalized spacial score (nSPS) is 19.9. The second kappa shape index (κ2) is 12.3. The van der Waals surface area contributed by atoms with Crippen molar-refractivity contribution < 1.29 is 18.0 Å². The number of amides is 2. The molecule has 2 aliphatic rings. The Morgan fingerprint density at radius 2 is 1.69 bits per heavy atom. The first-order valence-electron chi connectivity index (χ1n) is 12.6. The van der Waals surface area contributed by atoms with E-state index in [1.165, 1.54) is 11.1 Å². The third kappa shape index (κ3) is 7.18. The van der Waals surface area contributed by atoms with E-state index in [1.807, 2.05) is 60.7 Å². The van der Waals surface area contributed by atoms with Crippen molar-refractivity contribution in [3.05, 3.63) is 95.7 Å². The van der Waals surface area contributed by atoms with Crippen LogP contribution in [0.1, 0.15) is 29.9 Å². The van der Waals surface area contributed by atoms with E-state index in [0.29, 0.717) is 12.0 Å². The van der Waals surface area contributed by atoms with Gasteiger partial charge in [0.2, 0.25) is 11.8 Å². The standard InChI is InChI=1S/C27H33N7O4S/c28-25(29)20-13-14-21(34(17-20)27(36)22-12-7-15-31-22)16-32-26(35)24(33-39(30,37)38)23(18-8-3-1-4-9-18)19-10-5-2-6-11-19/h1-6,8-11,13-14,17,21-24,31,33H,7,12,15-16H2,(H3,28,29)(H,32,35)(H2,30,37,38)/t21?,22-,24+/m0/s1. The van der Waals surface area contributed by atoms with Crippen LogP contribution in [0.5, 0.6) is 0 Å². The van der Waals surface area contributed by atoms with Gasteiger partial charge in [0.25, 0.3) is 10.2 Å². The molecule has 0 radical (unpaired) electrons. The van der Waals surface area contributed by atoms with Crippen molar-refractivity contribution in [1.82, 2.24) is 20.3 Å². The van der Waals surface area contributed by atoms with E-state index in [4.69, 9.17) is 16.3 Å². The van der Waals surface area contributed by atoms with Gasteiger partial charge in [-0.2, -0.15) is 13.1 Å². The van der Waals surface area contributed by atoms with Crippen LogP contribution >= 0.6 is 0 Å². The first kappa shape index (κ1) is 28.2. The van der Waals surface area contributed by atoms with Crippen molar-refractivity contribution in [3.63, 3.8) is 0 Å². The molecule has 2 heterocycles. The van der Waals surface area contributed by atoms with Crippen molar-refractivity contribution in [2.75, 3.05) is 13.1 Å². The lowest BCUT2D eigenvalue weighted by molar-refractivity contribution is -0.132. The van der Waals surface area contributed by atoms with E-state index in [1.54, 1.807) is 12.2 Å². The zero-order chi connectivity index (χ0) is 28.0. The van der Waals surface area contributed by atoms with Gasteiger partial charge in [-0.05, 0) is 30.5 Å². The molecule has 2 aliphatic heterocycles. The maximum absolute atomic E-state index is 13.7. The Balaban J connectivity index is 1.61. The minimum absolute atomic E-state index is 0.00538. The summed E-state index contributed by atoms with van der Waals surface area (Å²) in [6.07, 6.45) is 6.38. The Labute approximate surface area is 228 Å². The zero-order valence-electron chi connectivity index (χ0n) is 21.3. The van der Waals surface area contributed by atoms with Crippen LogP contribution in [0.2, 0.25) is 0 Å². The second-order valence-corrected chi connectivity index (χ2v) is 10.8. The van der Waals surface area contributed by atoms with Gasteiger partial charge in [-0.25, -0.2) is 5.14 Å². The van der Waals surface area contributed by atoms with Gasteiger partial charge in [0.1, 0.15) is 11.9 Å². The van der Waals surface area contributed by atoms with Gasteiger partial charge in [0.15, 0.2) is 0 Å². The van der Waals surface area contributed by atoms with E-state index in [-0.39, 0.29) is 24.3 Å². The van der Waals surface area contributed by atoms with Gasteiger partial charge >= 0.3 is 0 Å². The van der Waals surface area contributed by atoms with Crippen LogP contribution in [-0.2, 0) is 19.8 Å². The number of rotatable bonds is 10. The maximum Gasteiger partial charge on any atom is 0.275 e. The van der Waals surface area contributed by atoms with E-state index in [0.717, 1.165) is 24.1 Å². The average molecular weight is 552 g/mol. The quantitative estimate of drug-likeness (QED) is 0.184. The Hall–Kier alpha value is -3.84. The van der Waals surface area contributed by atoms with Gasteiger partial charge in [-0.3, -0.25) is 15.0 Å². The molecular formula is C27H33N7O4S. The van der Waals surface area contributed by atoms with Crippen molar-refractivity contribution >= 4 is 27.9 Å². The molecule has 12 heteroatoms. The molecule has 2 amide bonds. The largest absolute Gasteiger partial charge is 0.384 e. The molecular weight excluding hydrogens is 518 g/mol. The van der Waals surface area contributed by atoms with E-state index in [9.17, 15) is 18.0 Å². The van der Waals surface area contributed by atoms with Crippen molar-refractivity contribution in [1.29, 1.82) is 5.41 Å². The molecule has 0 bridgehead atoms. The molecule has 206 valence electrons. The topological polar surface area (TPSA) is 184 Å². The number of benzene rings is 2. The predicted molar refractivity (Wildman–Crippen MR) is 149 cm³/mol. The molecule has 1 fully saturated rings. The highest BCUT2D eigenvalue weighted by Crippen LogP contribution is 2.29. The van der Waals surface area contributed by atoms with Crippen LogP contribution in [0, 0.1) is 5.41 Å². The lowest BCUT2D eigenvalue weighted by Crippen LogP contribution is -2.55. The van der Waals surface area contributed by atoms with Crippen LogP contribution in [0.4, 0.5) is 0 Å². The monoisotopic (exact) mass is 551 g/mol. The summed E-state index contributed by atoms with van der Waals surface area (Å²) in [6.45, 7) is 0.723. The molecule has 2 aromatic rings. The highest BCUT2D eigenvalue weighted by Gasteiger charge is 2.35. The highest BCUT2D eigenvalue weighted by atomic mass is 32.2. The van der Waals surface area contributed by atoms with Crippen LogP contribution in [0.25, 0.3) is 0 Å². The third-order valence-corrected chi connectivity index (χ3v) is 7.35. The number of hydrogen-bond acceptors (Lipinski definition) is 6. The summed E-state index contributed by atoms with van der Waals surface area (Å²) < 4.78 is 26.7. The number of carbonyl (C=O) groups is 2. The van der Waals surface area contributed by atoms with E-state index < -0.39 is 34.1 Å². The summed E-state index contributed by atoms with van der Waals surface area (Å²) >= 11 is 0. The molecule has 39 heavy (non-hydrogen) atoms. The average Bonchev–Trinajstić information content (AvgIpc) is 3.46. The van der Waals surface area contributed by atoms with Gasteiger partial charge in [-0.15, -0.1) is 0 Å². The maximum atomic E-state index is 13.7. The van der Waals surface area contributed by atoms with Crippen LogP contribution in [0.3, 0.4) is 0 Å². The van der Waals surface area contributed by atoms with Crippen LogP contribution in [0.15, 0.2) is 84.6 Å². The number of amidine groups is 1. The Bertz CT molecular complexity index is 1320. The minimum atomic E-state index is -4.27. The van der Waals surface area contributed by atoms with Crippen molar-refractivity contribution in [2.24, 2.45) is 10.9 Å². The fourth-order valence-electron chi connectivity index (χ4n) is 4.89. The SMILES string of the molecule is N=C(N)C1=CN(C(=O)[C@@H]2CCCN2)C(CNC(=O)[C@H](NS(N)(=O)=O)C(c2ccccc2)c2ccccc2)C=C1. The van der Waals surface area contributed by atoms with Crippen LogP contribution < -0.4 is 26.2 Å². The summed E-state index contributed by atoms with van der Waals surface area (Å²) in [5.41, 5.74) is 7.47. The molecule has 1 unspecified atom stereocenters. The molecule has 8 N–H and O–H groups in total. The lowest BCUT2D eigenvalue weighted by Gasteiger charge is -2.33. The fourth-order valence-corrected chi connectivity index (χ4v) is 5.48. The highest BCUT2D eigenvalue weighted by molar-refractivity contribution is 7.87. The Morgan fingerprint density at radius 1 is 1.08 bits per heavy atom. The molecule has 11 nitrogen and oxygen atoms in total. The minimum Gasteiger partial charge on any atom is -0.384 e. The van der Waals surface area contributed by atoms with Gasteiger partial charge in [0.05, 0.1) is 12.1 Å². The Morgan fingerprint density at radius 3 is 2.21 bits per heavy atom. The Kier molecular flexibility index (Phi) is 8.92. The summed E-state index contributed by atoms with van der Waals surface area (Å²) in [6, 6.07) is 15.9. The third-order valence-electron chi connectivity index (χ3n) is 6.77. The summed E-state index contributed by atoms with van der Waals surface area (Å²) in [4.78, 5) is 28.4. The van der Waals surface area contributed by atoms with Crippen molar-refractivity contribution in [3.8, 4) is 0 Å². The molecule has 0 saturated carbocycles. The summed E-state index contributed by atoms with van der Waals surface area (Å²) in [5, 5.41) is 19.1. The molecule has 2 aromatic carbocycles. The van der Waals surface area contributed by atoms with E-state index in [2.05, 4.69) is 15.4 Å². The molecule has 0 aromatic heterocycles. The molecule has 4 rings (SSSR count). The predicted octanol–water partition coefficient (Wildman–Crippen LogP) is 0.435. The van der Waals surface area contributed by atoms with E-state index >= 15 is 0 Å². The number of nitrogens with two attached hydrogens (primary N) is 2. The van der Waals surface area contributed by atoms with Gasteiger partial charge in [-0.1, -0.05) is 72.8 Å². The fraction of sp³-hybridized carbons (Fsp3) is 0.296. The first-order chi connectivity index (χ1) is 18.6. The zero-order valence-corrected chi connectivity index (χ0v) is 22.1. The molecule has 0 aliphatic carbocycles. The second-order valence-electron chi connectivity index (χ2n) is 9.50. The van der Waals surface area contributed by atoms with Crippen LogP contribution in [-0.4, -0.2) is 62.2 Å². The first-order valence-corrected chi connectivity index (χ1v) is 14.2. The molecule has 1 saturated heterocycles.